The van der Waals surface area contributed by atoms with Crippen molar-refractivity contribution in [1.29, 1.82) is 0 Å². The molecule has 0 saturated carbocycles. The Hall–Kier alpha value is -3.68. The third-order valence-electron chi connectivity index (χ3n) is 4.72. The number of anilines is 1. The maximum absolute atomic E-state index is 13.0. The van der Waals surface area contributed by atoms with Gasteiger partial charge in [0.25, 0.3) is 5.91 Å². The minimum atomic E-state index is -0.843. The van der Waals surface area contributed by atoms with Crippen molar-refractivity contribution >= 4 is 17.6 Å². The van der Waals surface area contributed by atoms with Crippen LogP contribution in [0.1, 0.15) is 11.1 Å². The Morgan fingerprint density at radius 3 is 2.76 bits per heavy atom. The molecule has 1 aliphatic rings. The van der Waals surface area contributed by atoms with E-state index in [0.29, 0.717) is 17.9 Å². The van der Waals surface area contributed by atoms with Gasteiger partial charge in [-0.25, -0.2) is 9.18 Å². The first-order chi connectivity index (χ1) is 14.0. The van der Waals surface area contributed by atoms with E-state index in [-0.39, 0.29) is 18.3 Å². The van der Waals surface area contributed by atoms with Crippen molar-refractivity contribution in [2.75, 3.05) is 18.6 Å². The van der Waals surface area contributed by atoms with Crippen LogP contribution in [0, 0.1) is 5.82 Å². The fourth-order valence-corrected chi connectivity index (χ4v) is 3.17. The van der Waals surface area contributed by atoms with Crippen LogP contribution in [0.15, 0.2) is 60.9 Å². The van der Waals surface area contributed by atoms with Crippen LogP contribution in [0.5, 0.6) is 5.75 Å². The van der Waals surface area contributed by atoms with Crippen molar-refractivity contribution in [3.8, 4) is 5.75 Å². The molecule has 4 rings (SSSR count). The minimum absolute atomic E-state index is 0.0234. The fraction of sp³-hybridized carbons (Fsp3) is 0.190. The van der Waals surface area contributed by atoms with Gasteiger partial charge in [-0.2, -0.15) is 9.78 Å². The van der Waals surface area contributed by atoms with Gasteiger partial charge >= 0.3 is 6.03 Å². The zero-order chi connectivity index (χ0) is 20.4. The highest BCUT2D eigenvalue weighted by Gasteiger charge is 2.30. The number of benzene rings is 2. The highest BCUT2D eigenvalue weighted by molar-refractivity contribution is 6.00. The number of hydrogen-bond donors (Lipinski definition) is 1. The summed E-state index contributed by atoms with van der Waals surface area (Å²) in [6, 6.07) is 12.0. The lowest BCUT2D eigenvalue weighted by Crippen LogP contribution is -2.50. The second-order valence-corrected chi connectivity index (χ2v) is 6.77. The summed E-state index contributed by atoms with van der Waals surface area (Å²) < 4.78 is 19.9. The summed E-state index contributed by atoms with van der Waals surface area (Å²) in [4.78, 5) is 26.8. The first-order valence-electron chi connectivity index (χ1n) is 9.09. The van der Waals surface area contributed by atoms with Gasteiger partial charge in [-0.1, -0.05) is 24.3 Å². The molecule has 0 saturated heterocycles. The Kier molecular flexibility index (Phi) is 4.99. The molecule has 0 aliphatic carbocycles. The highest BCUT2D eigenvalue weighted by Crippen LogP contribution is 2.29. The second-order valence-electron chi connectivity index (χ2n) is 6.77. The average molecular weight is 394 g/mol. The predicted octanol–water partition coefficient (Wildman–Crippen LogP) is 2.59. The lowest BCUT2D eigenvalue weighted by Gasteiger charge is -2.20. The Morgan fingerprint density at radius 1 is 1.21 bits per heavy atom. The van der Waals surface area contributed by atoms with Gasteiger partial charge in [-0.15, -0.1) is 0 Å². The number of carbonyl (C=O) groups excluding carboxylic acids is 2. The van der Waals surface area contributed by atoms with E-state index < -0.39 is 12.1 Å². The van der Waals surface area contributed by atoms with E-state index in [4.69, 9.17) is 4.74 Å². The third-order valence-corrected chi connectivity index (χ3v) is 4.72. The molecule has 7 nitrogen and oxygen atoms in total. The van der Waals surface area contributed by atoms with Gasteiger partial charge in [-0.05, 0) is 35.4 Å². The summed E-state index contributed by atoms with van der Waals surface area (Å²) in [5.41, 5.74) is 2.34. The number of aromatic nitrogens is 2. The quantitative estimate of drug-likeness (QED) is 0.741. The smallest absolute Gasteiger partial charge is 0.342 e. The summed E-state index contributed by atoms with van der Waals surface area (Å²) in [5.74, 6) is 0.00833. The van der Waals surface area contributed by atoms with Crippen LogP contribution in [0.25, 0.3) is 0 Å². The van der Waals surface area contributed by atoms with E-state index in [1.807, 2.05) is 12.1 Å². The number of ether oxygens (including phenoxy) is 1. The van der Waals surface area contributed by atoms with Crippen LogP contribution in [0.2, 0.25) is 0 Å². The number of hydrogen-bond acceptors (Lipinski definition) is 4. The number of amides is 2. The van der Waals surface area contributed by atoms with E-state index in [2.05, 4.69) is 10.4 Å². The van der Waals surface area contributed by atoms with Crippen LogP contribution in [-0.4, -0.2) is 41.4 Å². The summed E-state index contributed by atoms with van der Waals surface area (Å²) in [6.45, 7) is 0.0234. The molecule has 1 N–H and O–H groups in total. The highest BCUT2D eigenvalue weighted by atomic mass is 19.1. The number of fused-ring (bicyclic) bond motifs is 1. The second kappa shape index (κ2) is 7.75. The third kappa shape index (κ3) is 3.96. The average Bonchev–Trinajstić information content (AvgIpc) is 3.16. The maximum Gasteiger partial charge on any atom is 0.342 e. The van der Waals surface area contributed by atoms with E-state index in [1.54, 1.807) is 43.7 Å². The van der Waals surface area contributed by atoms with Gasteiger partial charge in [-0.3, -0.25) is 4.79 Å². The molecule has 2 heterocycles. The Bertz CT molecular complexity index is 1050. The molecular weight excluding hydrogens is 375 g/mol. The summed E-state index contributed by atoms with van der Waals surface area (Å²) in [5, 5.41) is 6.74. The largest absolute Gasteiger partial charge is 0.489 e. The van der Waals surface area contributed by atoms with Crippen LogP contribution < -0.4 is 15.0 Å². The monoisotopic (exact) mass is 394 g/mol. The molecule has 8 heteroatoms. The van der Waals surface area contributed by atoms with Crippen molar-refractivity contribution < 1.29 is 18.7 Å². The number of nitrogens with one attached hydrogen (secondary N) is 1. The fourth-order valence-electron chi connectivity index (χ4n) is 3.17. The lowest BCUT2D eigenvalue weighted by atomic mass is 10.1. The van der Waals surface area contributed by atoms with Crippen LogP contribution in [0.4, 0.5) is 14.9 Å². The van der Waals surface area contributed by atoms with Gasteiger partial charge < -0.3 is 15.0 Å². The number of nitrogens with zero attached hydrogens (tertiary/aromatic N) is 3. The normalized spacial score (nSPS) is 16.0. The van der Waals surface area contributed by atoms with Crippen LogP contribution in [-0.2, 0) is 11.2 Å². The summed E-state index contributed by atoms with van der Waals surface area (Å²) >= 11 is 0. The Balaban J connectivity index is 1.44. The van der Waals surface area contributed by atoms with E-state index >= 15 is 0 Å². The Labute approximate surface area is 166 Å². The first kappa shape index (κ1) is 18.7. The van der Waals surface area contributed by atoms with Gasteiger partial charge in [0.05, 0.1) is 11.9 Å². The molecule has 0 radical (unpaired) electrons. The maximum atomic E-state index is 13.0. The summed E-state index contributed by atoms with van der Waals surface area (Å²) in [7, 11) is 1.64. The van der Waals surface area contributed by atoms with E-state index in [9.17, 15) is 14.0 Å². The van der Waals surface area contributed by atoms with Crippen molar-refractivity contribution in [1.82, 2.24) is 15.1 Å². The van der Waals surface area contributed by atoms with Gasteiger partial charge in [0.15, 0.2) is 0 Å². The molecule has 1 aromatic heterocycles. The SMILES string of the molecule is CN1C(=O)[C@@H](NC(=O)n2cc(Cc3ccc(F)cc3)cn2)COc2ccccc21. The van der Waals surface area contributed by atoms with E-state index in [0.717, 1.165) is 15.8 Å². The number of para-hydroxylation sites is 2. The predicted molar refractivity (Wildman–Crippen MR) is 104 cm³/mol. The summed E-state index contributed by atoms with van der Waals surface area (Å²) in [6.07, 6.45) is 3.66. The number of rotatable bonds is 3. The molecule has 29 heavy (non-hydrogen) atoms. The minimum Gasteiger partial charge on any atom is -0.489 e. The number of likely N-dealkylation sites (N-methyl/N-ethyl adjacent to an activating group) is 1. The zero-order valence-electron chi connectivity index (χ0n) is 15.7. The van der Waals surface area contributed by atoms with Gasteiger partial charge in [0, 0.05) is 19.7 Å². The number of halogens is 1. The topological polar surface area (TPSA) is 76.5 Å². The standard InChI is InChI=1S/C21H19FN4O3/c1-25-18-4-2-3-5-19(18)29-13-17(20(25)27)24-21(28)26-12-15(11-23-26)10-14-6-8-16(22)9-7-14/h2-9,11-12,17H,10,13H2,1H3,(H,24,28)/t17-/m0/s1. The van der Waals surface area contributed by atoms with Crippen molar-refractivity contribution in [3.63, 3.8) is 0 Å². The van der Waals surface area contributed by atoms with Crippen LogP contribution >= 0.6 is 0 Å². The van der Waals surface area contributed by atoms with Gasteiger partial charge in [0.1, 0.15) is 24.2 Å². The molecule has 148 valence electrons. The molecule has 0 bridgehead atoms. The number of carbonyl (C=O) groups is 2. The molecular formula is C21H19FN4O3. The molecule has 1 atom stereocenters. The van der Waals surface area contributed by atoms with Crippen molar-refractivity contribution in [3.05, 3.63) is 77.9 Å². The molecule has 0 spiro atoms. The Morgan fingerprint density at radius 2 is 1.97 bits per heavy atom. The zero-order valence-corrected chi connectivity index (χ0v) is 15.7. The van der Waals surface area contributed by atoms with E-state index in [1.165, 1.54) is 17.0 Å². The molecule has 3 aromatic rings. The van der Waals surface area contributed by atoms with Crippen molar-refractivity contribution in [2.45, 2.75) is 12.5 Å². The molecule has 2 amide bonds. The first-order valence-corrected chi connectivity index (χ1v) is 9.09. The molecule has 0 fully saturated rings. The molecule has 1 aliphatic heterocycles. The molecule has 2 aromatic carbocycles. The van der Waals surface area contributed by atoms with Crippen LogP contribution in [0.3, 0.4) is 0 Å². The molecule has 0 unspecified atom stereocenters. The lowest BCUT2D eigenvalue weighted by molar-refractivity contribution is -0.120. The van der Waals surface area contributed by atoms with Gasteiger partial charge in [0.2, 0.25) is 0 Å². The van der Waals surface area contributed by atoms with Crippen molar-refractivity contribution in [2.24, 2.45) is 0 Å².